The minimum atomic E-state index is -0.545. The number of nitrogens with zero attached hydrogens (tertiary/aromatic N) is 2. The third-order valence-corrected chi connectivity index (χ3v) is 5.54. The molecule has 0 aromatic heterocycles. The van der Waals surface area contributed by atoms with Crippen LogP contribution in [0, 0.1) is 5.82 Å². The number of rotatable bonds is 8. The zero-order chi connectivity index (χ0) is 21.5. The normalized spacial score (nSPS) is 17.4. The van der Waals surface area contributed by atoms with E-state index in [-0.39, 0.29) is 24.1 Å². The Bertz CT molecular complexity index is 916. The Morgan fingerprint density at radius 2 is 1.87 bits per heavy atom. The van der Waals surface area contributed by atoms with Crippen molar-refractivity contribution in [3.63, 3.8) is 0 Å². The van der Waals surface area contributed by atoms with Gasteiger partial charge >= 0.3 is 0 Å². The van der Waals surface area contributed by atoms with Gasteiger partial charge in [0.25, 0.3) is 0 Å². The molecule has 8 heteroatoms. The number of carbonyl (C=O) groups is 2. The highest BCUT2D eigenvalue weighted by Gasteiger charge is 2.38. The van der Waals surface area contributed by atoms with E-state index >= 15 is 0 Å². The molecule has 1 aliphatic heterocycles. The van der Waals surface area contributed by atoms with Crippen LogP contribution in [-0.2, 0) is 9.59 Å². The van der Waals surface area contributed by atoms with Crippen molar-refractivity contribution in [2.75, 3.05) is 18.5 Å². The number of amides is 2. The Balaban J connectivity index is 1.62. The van der Waals surface area contributed by atoms with E-state index in [0.717, 1.165) is 12.2 Å². The molecule has 1 atom stereocenters. The van der Waals surface area contributed by atoms with Gasteiger partial charge in [0, 0.05) is 18.7 Å². The molecule has 6 nitrogen and oxygen atoms in total. The predicted molar refractivity (Wildman–Crippen MR) is 118 cm³/mol. The van der Waals surface area contributed by atoms with Crippen LogP contribution in [0.1, 0.15) is 26.7 Å². The Labute approximate surface area is 179 Å². The molecule has 30 heavy (non-hydrogen) atoms. The van der Waals surface area contributed by atoms with Crippen molar-refractivity contribution < 1.29 is 18.7 Å². The molecular formula is C22H24FN3O3S. The summed E-state index contributed by atoms with van der Waals surface area (Å²) in [5, 5.41) is 2.79. The molecule has 2 aromatic rings. The molecule has 158 valence electrons. The van der Waals surface area contributed by atoms with E-state index in [4.69, 9.17) is 4.74 Å². The van der Waals surface area contributed by atoms with Gasteiger partial charge in [0.1, 0.15) is 16.8 Å². The number of nitrogens with one attached hydrogen (secondary N) is 1. The number of carbonyl (C=O) groups excluding carboxylic acids is 2. The van der Waals surface area contributed by atoms with E-state index in [0.29, 0.717) is 29.7 Å². The van der Waals surface area contributed by atoms with Crippen molar-refractivity contribution in [3.8, 4) is 5.75 Å². The highest BCUT2D eigenvalue weighted by Crippen LogP contribution is 2.31. The smallest absolute Gasteiger partial charge is 0.242 e. The molecule has 1 fully saturated rings. The molecule has 2 amide bonds. The summed E-state index contributed by atoms with van der Waals surface area (Å²) in [6.07, 6.45) is 0.962. The van der Waals surface area contributed by atoms with Crippen molar-refractivity contribution in [2.45, 2.75) is 31.9 Å². The van der Waals surface area contributed by atoms with Crippen molar-refractivity contribution in [1.29, 1.82) is 0 Å². The lowest BCUT2D eigenvalue weighted by molar-refractivity contribution is -0.128. The predicted octanol–water partition coefficient (Wildman–Crippen LogP) is 4.59. The van der Waals surface area contributed by atoms with Gasteiger partial charge in [-0.25, -0.2) is 9.38 Å². The number of aliphatic imine (C=N–C) groups is 1. The maximum atomic E-state index is 13.1. The molecule has 1 saturated heterocycles. The minimum Gasteiger partial charge on any atom is -0.494 e. The zero-order valence-electron chi connectivity index (χ0n) is 16.9. The molecular weight excluding hydrogens is 405 g/mol. The molecule has 1 aliphatic rings. The second-order valence-electron chi connectivity index (χ2n) is 6.68. The summed E-state index contributed by atoms with van der Waals surface area (Å²) in [6.45, 7) is 4.97. The van der Waals surface area contributed by atoms with Gasteiger partial charge < -0.3 is 10.1 Å². The largest absolute Gasteiger partial charge is 0.494 e. The SMILES string of the molecule is CCCOc1ccc(NC(=O)C[C@@H]2SC(=Nc3ccc(F)cc3)N(CC)C2=O)cc1. The fourth-order valence-electron chi connectivity index (χ4n) is 2.88. The van der Waals surface area contributed by atoms with E-state index in [1.165, 1.54) is 23.9 Å². The van der Waals surface area contributed by atoms with E-state index in [1.807, 2.05) is 13.8 Å². The van der Waals surface area contributed by atoms with Crippen LogP contribution >= 0.6 is 11.8 Å². The molecule has 0 spiro atoms. The highest BCUT2D eigenvalue weighted by atomic mass is 32.2. The van der Waals surface area contributed by atoms with Gasteiger partial charge in [0.15, 0.2) is 5.17 Å². The van der Waals surface area contributed by atoms with Crippen molar-refractivity contribution in [1.82, 2.24) is 4.90 Å². The molecule has 2 aromatic carbocycles. The van der Waals surface area contributed by atoms with Crippen LogP contribution in [0.3, 0.4) is 0 Å². The van der Waals surface area contributed by atoms with E-state index < -0.39 is 5.25 Å². The third-order valence-electron chi connectivity index (χ3n) is 4.37. The number of thioether (sulfide) groups is 1. The van der Waals surface area contributed by atoms with E-state index in [9.17, 15) is 14.0 Å². The number of benzene rings is 2. The maximum Gasteiger partial charge on any atom is 0.242 e. The molecule has 0 radical (unpaired) electrons. The summed E-state index contributed by atoms with van der Waals surface area (Å²) in [6, 6.07) is 12.9. The second-order valence-corrected chi connectivity index (χ2v) is 7.85. The van der Waals surface area contributed by atoms with Gasteiger partial charge in [-0.1, -0.05) is 18.7 Å². The average molecular weight is 430 g/mol. The fourth-order valence-corrected chi connectivity index (χ4v) is 4.10. The highest BCUT2D eigenvalue weighted by molar-refractivity contribution is 8.15. The molecule has 0 bridgehead atoms. The summed E-state index contributed by atoms with van der Waals surface area (Å²) in [5.74, 6) is 0.00144. The van der Waals surface area contributed by atoms with Gasteiger partial charge in [0.2, 0.25) is 11.8 Å². The average Bonchev–Trinajstić information content (AvgIpc) is 3.03. The van der Waals surface area contributed by atoms with E-state index in [1.54, 1.807) is 41.3 Å². The van der Waals surface area contributed by atoms with Crippen molar-refractivity contribution >= 4 is 40.1 Å². The molecule has 0 aliphatic carbocycles. The van der Waals surface area contributed by atoms with Gasteiger partial charge in [-0.3, -0.25) is 14.5 Å². The topological polar surface area (TPSA) is 71.0 Å². The summed E-state index contributed by atoms with van der Waals surface area (Å²) >= 11 is 1.25. The number of hydrogen-bond acceptors (Lipinski definition) is 5. The summed E-state index contributed by atoms with van der Waals surface area (Å²) < 4.78 is 18.6. The van der Waals surface area contributed by atoms with Crippen molar-refractivity contribution in [2.24, 2.45) is 4.99 Å². The Hall–Kier alpha value is -2.87. The lowest BCUT2D eigenvalue weighted by Crippen LogP contribution is -2.33. The molecule has 3 rings (SSSR count). The maximum absolute atomic E-state index is 13.1. The summed E-state index contributed by atoms with van der Waals surface area (Å²) in [5.41, 5.74) is 1.20. The minimum absolute atomic E-state index is 0.0382. The lowest BCUT2D eigenvalue weighted by Gasteiger charge is -2.13. The van der Waals surface area contributed by atoms with Crippen LogP contribution in [0.5, 0.6) is 5.75 Å². The standard InChI is InChI=1S/C22H24FN3O3S/c1-3-13-29-18-11-9-16(10-12-18)24-20(27)14-19-21(28)26(4-2)22(30-19)25-17-7-5-15(23)6-8-17/h5-12,19H,3-4,13-14H2,1-2H3,(H,24,27)/t19-/m0/s1. The van der Waals surface area contributed by atoms with Crippen LogP contribution < -0.4 is 10.1 Å². The third kappa shape index (κ3) is 5.60. The fraction of sp³-hybridized carbons (Fsp3) is 0.318. The monoisotopic (exact) mass is 429 g/mol. The molecule has 1 heterocycles. The Kier molecular flexibility index (Phi) is 7.46. The summed E-state index contributed by atoms with van der Waals surface area (Å²) in [4.78, 5) is 31.1. The zero-order valence-corrected chi connectivity index (χ0v) is 17.7. The second kappa shape index (κ2) is 10.2. The van der Waals surface area contributed by atoms with Gasteiger partial charge in [0.05, 0.1) is 12.3 Å². The van der Waals surface area contributed by atoms with Gasteiger partial charge in [-0.05, 0) is 61.9 Å². The van der Waals surface area contributed by atoms with Crippen LogP contribution in [0.2, 0.25) is 0 Å². The number of ether oxygens (including phenoxy) is 1. The first kappa shape index (κ1) is 21.8. The number of halogens is 1. The Morgan fingerprint density at radius 3 is 2.50 bits per heavy atom. The Morgan fingerprint density at radius 1 is 1.17 bits per heavy atom. The quantitative estimate of drug-likeness (QED) is 0.666. The first-order chi connectivity index (χ1) is 14.5. The molecule has 0 saturated carbocycles. The van der Waals surface area contributed by atoms with Crippen LogP contribution in [0.15, 0.2) is 53.5 Å². The van der Waals surface area contributed by atoms with Crippen LogP contribution in [0.25, 0.3) is 0 Å². The van der Waals surface area contributed by atoms with Crippen LogP contribution in [0.4, 0.5) is 15.8 Å². The van der Waals surface area contributed by atoms with Gasteiger partial charge in [-0.2, -0.15) is 0 Å². The first-order valence-corrected chi connectivity index (χ1v) is 10.7. The molecule has 0 unspecified atom stereocenters. The number of hydrogen-bond donors (Lipinski definition) is 1. The number of anilines is 1. The van der Waals surface area contributed by atoms with Crippen LogP contribution in [-0.4, -0.2) is 40.3 Å². The first-order valence-electron chi connectivity index (χ1n) is 9.85. The lowest BCUT2D eigenvalue weighted by atomic mass is 10.2. The van der Waals surface area contributed by atoms with Gasteiger partial charge in [-0.15, -0.1) is 0 Å². The van der Waals surface area contributed by atoms with Crippen molar-refractivity contribution in [3.05, 3.63) is 54.3 Å². The molecule has 1 N–H and O–H groups in total. The summed E-state index contributed by atoms with van der Waals surface area (Å²) in [7, 11) is 0. The van der Waals surface area contributed by atoms with E-state index in [2.05, 4.69) is 10.3 Å². The number of amidine groups is 1.